The Labute approximate surface area is 117 Å². The molecule has 0 spiro atoms. The molecule has 102 valence electrons. The fourth-order valence-corrected chi connectivity index (χ4v) is 4.03. The van der Waals surface area contributed by atoms with Crippen molar-refractivity contribution in [2.45, 2.75) is 49.6 Å². The van der Waals surface area contributed by atoms with E-state index in [1.54, 1.807) is 0 Å². The van der Waals surface area contributed by atoms with E-state index in [2.05, 4.69) is 17.4 Å². The average molecular weight is 277 g/mol. The van der Waals surface area contributed by atoms with Crippen molar-refractivity contribution >= 4 is 17.7 Å². The minimum atomic E-state index is -0.564. The molecule has 1 aromatic carbocycles. The number of benzene rings is 1. The van der Waals surface area contributed by atoms with E-state index in [9.17, 15) is 9.90 Å². The lowest BCUT2D eigenvalue weighted by atomic mass is 9.84. The van der Waals surface area contributed by atoms with E-state index < -0.39 is 6.10 Å². The van der Waals surface area contributed by atoms with Crippen molar-refractivity contribution in [2.24, 2.45) is 0 Å². The van der Waals surface area contributed by atoms with E-state index in [0.717, 1.165) is 30.6 Å². The number of nitrogens with one attached hydrogen (secondary N) is 1. The number of thioether (sulfide) groups is 1. The van der Waals surface area contributed by atoms with Crippen LogP contribution in [0, 0.1) is 0 Å². The second-order valence-electron chi connectivity index (χ2n) is 5.27. The van der Waals surface area contributed by atoms with Crippen LogP contribution < -0.4 is 5.32 Å². The van der Waals surface area contributed by atoms with Gasteiger partial charge in [-0.05, 0) is 42.0 Å². The van der Waals surface area contributed by atoms with Crippen LogP contribution in [0.25, 0.3) is 0 Å². The second-order valence-corrected chi connectivity index (χ2v) is 6.41. The molecular formula is C15H19NO2S. The minimum Gasteiger partial charge on any atom is -0.386 e. The van der Waals surface area contributed by atoms with Crippen molar-refractivity contribution < 1.29 is 9.90 Å². The number of fused-ring (bicyclic) bond motifs is 2. The molecule has 1 aliphatic carbocycles. The molecule has 1 aromatic rings. The lowest BCUT2D eigenvalue weighted by Gasteiger charge is -2.31. The number of aryl methyl sites for hydroxylation is 2. The topological polar surface area (TPSA) is 49.3 Å². The van der Waals surface area contributed by atoms with Gasteiger partial charge in [-0.25, -0.2) is 0 Å². The van der Waals surface area contributed by atoms with Gasteiger partial charge in [0.25, 0.3) is 0 Å². The van der Waals surface area contributed by atoms with Gasteiger partial charge in [0.1, 0.15) is 0 Å². The van der Waals surface area contributed by atoms with Crippen LogP contribution in [0.3, 0.4) is 0 Å². The Hall–Kier alpha value is -1.00. The van der Waals surface area contributed by atoms with Crippen molar-refractivity contribution in [1.82, 2.24) is 5.32 Å². The van der Waals surface area contributed by atoms with Gasteiger partial charge in [-0.3, -0.25) is 4.79 Å². The first-order valence-electron chi connectivity index (χ1n) is 6.95. The normalized spacial score (nSPS) is 24.7. The van der Waals surface area contributed by atoms with Gasteiger partial charge >= 0.3 is 0 Å². The molecule has 2 atom stereocenters. The molecule has 19 heavy (non-hydrogen) atoms. The van der Waals surface area contributed by atoms with Gasteiger partial charge in [0, 0.05) is 17.1 Å². The fraction of sp³-hybridized carbons (Fsp3) is 0.533. The molecule has 0 unspecified atom stereocenters. The van der Waals surface area contributed by atoms with E-state index in [1.165, 1.54) is 16.0 Å². The Kier molecular flexibility index (Phi) is 3.54. The summed E-state index contributed by atoms with van der Waals surface area (Å²) in [5.74, 6) is 1.16. The molecule has 0 fully saturated rings. The Balaban J connectivity index is 1.86. The molecule has 0 aromatic heterocycles. The maximum absolute atomic E-state index is 11.5. The quantitative estimate of drug-likeness (QED) is 0.871. The van der Waals surface area contributed by atoms with E-state index in [1.807, 2.05) is 18.7 Å². The van der Waals surface area contributed by atoms with Crippen molar-refractivity contribution in [3.8, 4) is 0 Å². The summed E-state index contributed by atoms with van der Waals surface area (Å²) in [6, 6.07) is 4.26. The Morgan fingerprint density at radius 1 is 1.42 bits per heavy atom. The summed E-state index contributed by atoms with van der Waals surface area (Å²) in [5.41, 5.74) is 3.70. The molecule has 1 heterocycles. The molecular weight excluding hydrogens is 258 g/mol. The van der Waals surface area contributed by atoms with Crippen LogP contribution in [0.15, 0.2) is 17.0 Å². The van der Waals surface area contributed by atoms with Crippen molar-refractivity contribution in [3.05, 3.63) is 28.8 Å². The Bertz CT molecular complexity index is 515. The number of aliphatic hydroxyl groups excluding tert-OH is 1. The van der Waals surface area contributed by atoms with Crippen LogP contribution >= 0.6 is 11.8 Å². The molecule has 4 heteroatoms. The first-order valence-corrected chi connectivity index (χ1v) is 7.93. The molecule has 0 saturated heterocycles. The third-order valence-corrected chi connectivity index (χ3v) is 5.14. The molecule has 1 amide bonds. The summed E-state index contributed by atoms with van der Waals surface area (Å²) in [7, 11) is 0. The Morgan fingerprint density at radius 3 is 3.05 bits per heavy atom. The zero-order valence-corrected chi connectivity index (χ0v) is 11.9. The highest BCUT2D eigenvalue weighted by atomic mass is 32.2. The molecule has 2 aliphatic rings. The fourth-order valence-electron chi connectivity index (χ4n) is 2.93. The van der Waals surface area contributed by atoms with Gasteiger partial charge in [0.05, 0.1) is 12.1 Å². The largest absolute Gasteiger partial charge is 0.386 e. The van der Waals surface area contributed by atoms with Gasteiger partial charge in [-0.15, -0.1) is 11.8 Å². The minimum absolute atomic E-state index is 0.0167. The number of aliphatic hydroxyl groups is 1. The number of amides is 1. The first kappa shape index (κ1) is 13.0. The zero-order chi connectivity index (χ0) is 13.4. The average Bonchev–Trinajstić information content (AvgIpc) is 2.87. The molecule has 2 N–H and O–H groups in total. The maximum atomic E-state index is 11.5. The van der Waals surface area contributed by atoms with Gasteiger partial charge in [0.15, 0.2) is 0 Å². The van der Waals surface area contributed by atoms with Crippen LogP contribution in [0.1, 0.15) is 42.6 Å². The molecule has 3 rings (SSSR count). The van der Waals surface area contributed by atoms with E-state index in [0.29, 0.717) is 6.42 Å². The number of carbonyl (C=O) groups is 1. The van der Waals surface area contributed by atoms with Gasteiger partial charge in [-0.2, -0.15) is 0 Å². The smallest absolute Gasteiger partial charge is 0.220 e. The van der Waals surface area contributed by atoms with Gasteiger partial charge in [-0.1, -0.05) is 13.0 Å². The van der Waals surface area contributed by atoms with Gasteiger partial charge < -0.3 is 10.4 Å². The molecule has 1 aliphatic heterocycles. The summed E-state index contributed by atoms with van der Waals surface area (Å²) in [6.07, 6.45) is 2.81. The summed E-state index contributed by atoms with van der Waals surface area (Å²) in [5, 5.41) is 13.4. The maximum Gasteiger partial charge on any atom is 0.220 e. The number of hydrogen-bond acceptors (Lipinski definition) is 3. The third kappa shape index (κ3) is 2.39. The molecule has 0 saturated carbocycles. The van der Waals surface area contributed by atoms with E-state index >= 15 is 0 Å². The lowest BCUT2D eigenvalue weighted by Crippen LogP contribution is -2.41. The van der Waals surface area contributed by atoms with Crippen molar-refractivity contribution in [1.29, 1.82) is 0 Å². The summed E-state index contributed by atoms with van der Waals surface area (Å²) in [6.45, 7) is 1.84. The molecule has 3 nitrogen and oxygen atoms in total. The predicted octanol–water partition coefficient (Wildman–Crippen LogP) is 2.21. The zero-order valence-electron chi connectivity index (χ0n) is 11.1. The predicted molar refractivity (Wildman–Crippen MR) is 76.4 cm³/mol. The van der Waals surface area contributed by atoms with Crippen molar-refractivity contribution in [3.63, 3.8) is 0 Å². The van der Waals surface area contributed by atoms with Crippen LogP contribution in [0.2, 0.25) is 0 Å². The molecule has 0 bridgehead atoms. The second kappa shape index (κ2) is 5.17. The highest BCUT2D eigenvalue weighted by Gasteiger charge is 2.30. The van der Waals surface area contributed by atoms with E-state index in [4.69, 9.17) is 0 Å². The van der Waals surface area contributed by atoms with Crippen LogP contribution in [-0.2, 0) is 17.6 Å². The summed E-state index contributed by atoms with van der Waals surface area (Å²) < 4.78 is 0. The summed E-state index contributed by atoms with van der Waals surface area (Å²) in [4.78, 5) is 12.8. The number of rotatable bonds is 2. The first-order chi connectivity index (χ1) is 9.19. The Morgan fingerprint density at radius 2 is 2.26 bits per heavy atom. The highest BCUT2D eigenvalue weighted by Crippen LogP contribution is 2.38. The van der Waals surface area contributed by atoms with Crippen molar-refractivity contribution in [2.75, 3.05) is 5.75 Å². The van der Waals surface area contributed by atoms with Gasteiger partial charge in [0.2, 0.25) is 5.91 Å². The standard InChI is InChI=1S/C15H19NO2S/c1-2-14(17)16-12-4-3-9-7-10-5-6-19-13(10)8-11(9)15(12)18/h7-8,12,15,18H,2-6H2,1H3,(H,16,17)/t12-,15-/m1/s1. The van der Waals surface area contributed by atoms with E-state index in [-0.39, 0.29) is 11.9 Å². The lowest BCUT2D eigenvalue weighted by molar-refractivity contribution is -0.122. The number of hydrogen-bond donors (Lipinski definition) is 2. The summed E-state index contributed by atoms with van der Waals surface area (Å²) >= 11 is 1.86. The third-order valence-electron chi connectivity index (χ3n) is 4.04. The SMILES string of the molecule is CCC(=O)N[C@@H]1CCc2cc3c(cc2[C@H]1O)SCC3. The van der Waals surface area contributed by atoms with Crippen LogP contribution in [0.4, 0.5) is 0 Å². The van der Waals surface area contributed by atoms with Crippen LogP contribution in [0.5, 0.6) is 0 Å². The highest BCUT2D eigenvalue weighted by molar-refractivity contribution is 7.99. The monoisotopic (exact) mass is 277 g/mol. The molecule has 0 radical (unpaired) electrons. The number of carbonyl (C=O) groups excluding carboxylic acids is 1. The van der Waals surface area contributed by atoms with Crippen LogP contribution in [-0.4, -0.2) is 22.8 Å².